The molecular weight excluding hydrogens is 254 g/mol. The monoisotopic (exact) mass is 271 g/mol. The average molecular weight is 271 g/mol. The molecule has 1 aromatic heterocycles. The first kappa shape index (κ1) is 14.6. The van der Waals surface area contributed by atoms with Crippen molar-refractivity contribution < 1.29 is 14.7 Å². The van der Waals surface area contributed by atoms with E-state index in [1.54, 1.807) is 31.8 Å². The fourth-order valence-corrected chi connectivity index (χ4v) is 2.43. The molecule has 0 bridgehead atoms. The topological polar surface area (TPSA) is 75.4 Å². The first-order valence-corrected chi connectivity index (χ1v) is 6.42. The second kappa shape index (κ2) is 5.90. The van der Waals surface area contributed by atoms with Crippen LogP contribution >= 0.6 is 11.8 Å². The number of imidazole rings is 1. The third kappa shape index (κ3) is 3.25. The average Bonchev–Trinajstić information content (AvgIpc) is 2.65. The number of likely N-dealkylation sites (N-methyl/N-ethyl adjacent to an activating group) is 1. The van der Waals surface area contributed by atoms with Crippen LogP contribution in [0.2, 0.25) is 0 Å². The van der Waals surface area contributed by atoms with E-state index in [-0.39, 0.29) is 11.7 Å². The van der Waals surface area contributed by atoms with Gasteiger partial charge in [-0.15, -0.1) is 0 Å². The van der Waals surface area contributed by atoms with Gasteiger partial charge >= 0.3 is 5.97 Å². The van der Waals surface area contributed by atoms with Gasteiger partial charge in [0, 0.05) is 26.0 Å². The molecule has 1 rings (SSSR count). The molecule has 1 aromatic rings. The quantitative estimate of drug-likeness (QED) is 0.809. The summed E-state index contributed by atoms with van der Waals surface area (Å²) in [7, 11) is 3.38. The Balaban J connectivity index is 2.96. The third-order valence-electron chi connectivity index (χ3n) is 2.46. The van der Waals surface area contributed by atoms with Crippen molar-refractivity contribution in [1.29, 1.82) is 0 Å². The molecule has 1 amide bonds. The number of aryl methyl sites for hydroxylation is 1. The Morgan fingerprint density at radius 2 is 2.17 bits per heavy atom. The SMILES string of the molecule is Cc1cnc(SCC(=O)O)n1C(C)C(=O)N(C)C. The van der Waals surface area contributed by atoms with Crippen molar-refractivity contribution in [3.05, 3.63) is 11.9 Å². The number of carboxylic acids is 1. The molecule has 1 N–H and O–H groups in total. The maximum atomic E-state index is 11.9. The Hall–Kier alpha value is -1.50. The van der Waals surface area contributed by atoms with E-state index < -0.39 is 12.0 Å². The van der Waals surface area contributed by atoms with E-state index in [1.165, 1.54) is 4.90 Å². The largest absolute Gasteiger partial charge is 0.481 e. The zero-order valence-corrected chi connectivity index (χ0v) is 11.7. The molecule has 0 saturated carbocycles. The summed E-state index contributed by atoms with van der Waals surface area (Å²) in [6.07, 6.45) is 1.64. The minimum absolute atomic E-state index is 0.0479. The molecule has 0 saturated heterocycles. The van der Waals surface area contributed by atoms with Crippen LogP contribution in [0.1, 0.15) is 18.7 Å². The Labute approximate surface area is 110 Å². The Kier molecular flexibility index (Phi) is 4.77. The van der Waals surface area contributed by atoms with Gasteiger partial charge in [-0.3, -0.25) is 9.59 Å². The van der Waals surface area contributed by atoms with E-state index in [0.717, 1.165) is 17.5 Å². The predicted octanol–water partition coefficient (Wildman–Crippen LogP) is 1.02. The van der Waals surface area contributed by atoms with E-state index in [4.69, 9.17) is 5.11 Å². The summed E-state index contributed by atoms with van der Waals surface area (Å²) in [5, 5.41) is 9.23. The second-order valence-corrected chi connectivity index (χ2v) is 5.09. The second-order valence-electron chi connectivity index (χ2n) is 4.14. The Morgan fingerprint density at radius 1 is 1.56 bits per heavy atom. The molecule has 0 aromatic carbocycles. The van der Waals surface area contributed by atoms with E-state index in [9.17, 15) is 9.59 Å². The summed E-state index contributed by atoms with van der Waals surface area (Å²) < 4.78 is 1.76. The molecular formula is C11H17N3O3S. The molecule has 1 unspecified atom stereocenters. The van der Waals surface area contributed by atoms with E-state index in [0.29, 0.717) is 5.16 Å². The van der Waals surface area contributed by atoms with Gasteiger partial charge in [-0.25, -0.2) is 4.98 Å². The van der Waals surface area contributed by atoms with Crippen LogP contribution in [0.4, 0.5) is 0 Å². The summed E-state index contributed by atoms with van der Waals surface area (Å²) >= 11 is 1.12. The van der Waals surface area contributed by atoms with Gasteiger partial charge in [0.15, 0.2) is 5.16 Å². The molecule has 1 heterocycles. The molecule has 1 atom stereocenters. The summed E-state index contributed by atoms with van der Waals surface area (Å²) in [5.41, 5.74) is 0.839. The first-order valence-electron chi connectivity index (χ1n) is 5.44. The number of aromatic nitrogens is 2. The molecule has 0 fully saturated rings. The maximum Gasteiger partial charge on any atom is 0.313 e. The Morgan fingerprint density at radius 3 is 2.67 bits per heavy atom. The van der Waals surface area contributed by atoms with Gasteiger partial charge in [-0.1, -0.05) is 11.8 Å². The lowest BCUT2D eigenvalue weighted by molar-refractivity contribution is -0.134. The van der Waals surface area contributed by atoms with Crippen molar-refractivity contribution in [3.63, 3.8) is 0 Å². The van der Waals surface area contributed by atoms with Crippen LogP contribution in [0, 0.1) is 6.92 Å². The summed E-state index contributed by atoms with van der Waals surface area (Å²) in [6, 6.07) is -0.390. The van der Waals surface area contributed by atoms with Crippen LogP contribution in [0.5, 0.6) is 0 Å². The van der Waals surface area contributed by atoms with Gasteiger partial charge in [-0.05, 0) is 13.8 Å². The number of aliphatic carboxylic acids is 1. The lowest BCUT2D eigenvalue weighted by atomic mass is 10.3. The number of hydrogen-bond acceptors (Lipinski definition) is 4. The highest BCUT2D eigenvalue weighted by atomic mass is 32.2. The van der Waals surface area contributed by atoms with Crippen LogP contribution in [-0.4, -0.2) is 51.3 Å². The highest BCUT2D eigenvalue weighted by Gasteiger charge is 2.21. The van der Waals surface area contributed by atoms with Crippen molar-refractivity contribution in [1.82, 2.24) is 14.5 Å². The summed E-state index contributed by atoms with van der Waals surface area (Å²) in [4.78, 5) is 28.2. The number of carbonyl (C=O) groups excluding carboxylic acids is 1. The maximum absolute atomic E-state index is 11.9. The molecule has 0 aliphatic heterocycles. The number of rotatable bonds is 5. The highest BCUT2D eigenvalue weighted by molar-refractivity contribution is 7.99. The van der Waals surface area contributed by atoms with Crippen LogP contribution in [0.15, 0.2) is 11.4 Å². The molecule has 0 radical (unpaired) electrons. The fraction of sp³-hybridized carbons (Fsp3) is 0.545. The van der Waals surface area contributed by atoms with Crippen molar-refractivity contribution in [3.8, 4) is 0 Å². The number of carbonyl (C=O) groups is 2. The number of carboxylic acid groups (broad SMARTS) is 1. The normalized spacial score (nSPS) is 12.2. The number of hydrogen-bond donors (Lipinski definition) is 1. The van der Waals surface area contributed by atoms with Crippen LogP contribution in [-0.2, 0) is 9.59 Å². The Bertz CT molecular complexity index is 456. The van der Waals surface area contributed by atoms with Gasteiger partial charge in [0.05, 0.1) is 5.75 Å². The molecule has 0 spiro atoms. The van der Waals surface area contributed by atoms with Crippen molar-refractivity contribution in [2.45, 2.75) is 25.0 Å². The zero-order valence-electron chi connectivity index (χ0n) is 10.9. The smallest absolute Gasteiger partial charge is 0.313 e. The third-order valence-corrected chi connectivity index (χ3v) is 3.41. The van der Waals surface area contributed by atoms with Crippen molar-refractivity contribution in [2.75, 3.05) is 19.8 Å². The minimum atomic E-state index is -0.904. The van der Waals surface area contributed by atoms with E-state index in [2.05, 4.69) is 4.98 Å². The van der Waals surface area contributed by atoms with Gasteiger partial charge in [0.1, 0.15) is 6.04 Å². The molecule has 18 heavy (non-hydrogen) atoms. The number of nitrogens with zero attached hydrogens (tertiary/aromatic N) is 3. The minimum Gasteiger partial charge on any atom is -0.481 e. The van der Waals surface area contributed by atoms with E-state index in [1.807, 2.05) is 6.92 Å². The van der Waals surface area contributed by atoms with Gasteiger partial charge in [-0.2, -0.15) is 0 Å². The highest BCUT2D eigenvalue weighted by Crippen LogP contribution is 2.23. The van der Waals surface area contributed by atoms with Crippen molar-refractivity contribution in [2.24, 2.45) is 0 Å². The molecule has 6 nitrogen and oxygen atoms in total. The number of thioether (sulfide) groups is 1. The van der Waals surface area contributed by atoms with Crippen LogP contribution in [0.25, 0.3) is 0 Å². The molecule has 0 aliphatic rings. The van der Waals surface area contributed by atoms with Crippen LogP contribution in [0.3, 0.4) is 0 Å². The lowest BCUT2D eigenvalue weighted by Gasteiger charge is -2.20. The predicted molar refractivity (Wildman–Crippen MR) is 68.7 cm³/mol. The molecule has 7 heteroatoms. The molecule has 0 aliphatic carbocycles. The fourth-order valence-electron chi connectivity index (χ4n) is 1.61. The molecule has 100 valence electrons. The summed E-state index contributed by atoms with van der Waals surface area (Å²) in [6.45, 7) is 3.62. The first-order chi connectivity index (χ1) is 8.34. The van der Waals surface area contributed by atoms with Gasteiger partial charge in [0.2, 0.25) is 5.91 Å². The van der Waals surface area contributed by atoms with Crippen LogP contribution < -0.4 is 0 Å². The zero-order chi connectivity index (χ0) is 13.9. The lowest BCUT2D eigenvalue weighted by Crippen LogP contribution is -2.30. The van der Waals surface area contributed by atoms with Gasteiger partial charge in [0.25, 0.3) is 0 Å². The standard InChI is InChI=1S/C11H17N3O3S/c1-7-5-12-11(18-6-9(15)16)14(7)8(2)10(17)13(3)4/h5,8H,6H2,1-4H3,(H,15,16). The van der Waals surface area contributed by atoms with E-state index >= 15 is 0 Å². The summed E-state index contributed by atoms with van der Waals surface area (Å²) in [5.74, 6) is -1.02. The van der Waals surface area contributed by atoms with Gasteiger partial charge < -0.3 is 14.6 Å². The number of amides is 1. The van der Waals surface area contributed by atoms with Crippen molar-refractivity contribution >= 4 is 23.6 Å².